The molecule has 0 aliphatic rings. The second kappa shape index (κ2) is 6.37. The molecule has 0 aliphatic heterocycles. The van der Waals surface area contributed by atoms with Crippen molar-refractivity contribution in [2.75, 3.05) is 5.32 Å². The van der Waals surface area contributed by atoms with E-state index in [9.17, 15) is 14.3 Å². The SMILES string of the molecule is Cc1ccc(F)cc1NC(=O)[C@H](N)Cc1ccc(O)cc1. The number of hydrogen-bond donors (Lipinski definition) is 3. The number of nitrogens with one attached hydrogen (secondary N) is 1. The molecule has 5 heteroatoms. The molecule has 2 aromatic carbocycles. The van der Waals surface area contributed by atoms with E-state index >= 15 is 0 Å². The summed E-state index contributed by atoms with van der Waals surface area (Å²) >= 11 is 0. The number of anilines is 1. The van der Waals surface area contributed by atoms with Crippen molar-refractivity contribution >= 4 is 11.6 Å². The Balaban J connectivity index is 2.02. The number of halogens is 1. The monoisotopic (exact) mass is 288 g/mol. The van der Waals surface area contributed by atoms with Crippen molar-refractivity contribution in [2.45, 2.75) is 19.4 Å². The fourth-order valence-corrected chi connectivity index (χ4v) is 1.93. The summed E-state index contributed by atoms with van der Waals surface area (Å²) in [5.74, 6) is -0.632. The van der Waals surface area contributed by atoms with Gasteiger partial charge in [0.05, 0.1) is 6.04 Å². The highest BCUT2D eigenvalue weighted by Crippen LogP contribution is 2.17. The van der Waals surface area contributed by atoms with Gasteiger partial charge in [-0.1, -0.05) is 18.2 Å². The van der Waals surface area contributed by atoms with Gasteiger partial charge in [0.2, 0.25) is 5.91 Å². The summed E-state index contributed by atoms with van der Waals surface area (Å²) in [4.78, 5) is 12.0. The Bertz CT molecular complexity index is 641. The number of amides is 1. The van der Waals surface area contributed by atoms with Crippen LogP contribution in [-0.2, 0) is 11.2 Å². The Kier molecular flexibility index (Phi) is 4.55. The number of phenolic OH excluding ortho intramolecular Hbond substituents is 1. The molecule has 1 atom stereocenters. The predicted molar refractivity (Wildman–Crippen MR) is 79.6 cm³/mol. The third-order valence-corrected chi connectivity index (χ3v) is 3.19. The van der Waals surface area contributed by atoms with Gasteiger partial charge in [0.15, 0.2) is 0 Å². The van der Waals surface area contributed by atoms with Crippen LogP contribution < -0.4 is 11.1 Å². The highest BCUT2D eigenvalue weighted by molar-refractivity contribution is 5.95. The maximum atomic E-state index is 13.2. The number of hydrogen-bond acceptors (Lipinski definition) is 3. The first-order valence-corrected chi connectivity index (χ1v) is 6.56. The standard InChI is InChI=1S/C16H17FN2O2/c1-10-2-5-12(17)9-15(10)19-16(21)14(18)8-11-3-6-13(20)7-4-11/h2-7,9,14,20H,8,18H2,1H3,(H,19,21)/t14-/m1/s1. The third-order valence-electron chi connectivity index (χ3n) is 3.19. The number of carbonyl (C=O) groups is 1. The summed E-state index contributed by atoms with van der Waals surface area (Å²) in [6.45, 7) is 1.78. The first-order valence-electron chi connectivity index (χ1n) is 6.56. The van der Waals surface area contributed by atoms with Gasteiger partial charge in [-0.2, -0.15) is 0 Å². The zero-order valence-corrected chi connectivity index (χ0v) is 11.6. The van der Waals surface area contributed by atoms with Crippen molar-refractivity contribution in [1.29, 1.82) is 0 Å². The number of aromatic hydroxyl groups is 1. The molecule has 0 saturated heterocycles. The molecule has 0 heterocycles. The number of benzene rings is 2. The van der Waals surface area contributed by atoms with E-state index in [1.54, 1.807) is 25.1 Å². The molecule has 2 aromatic rings. The van der Waals surface area contributed by atoms with Crippen LogP contribution in [0.4, 0.5) is 10.1 Å². The minimum atomic E-state index is -0.753. The molecule has 0 fully saturated rings. The van der Waals surface area contributed by atoms with Gasteiger partial charge in [-0.05, 0) is 48.7 Å². The number of aryl methyl sites for hydroxylation is 1. The number of carbonyl (C=O) groups excluding carboxylic acids is 1. The van der Waals surface area contributed by atoms with Gasteiger partial charge in [-0.25, -0.2) is 4.39 Å². The van der Waals surface area contributed by atoms with Crippen LogP contribution in [0.15, 0.2) is 42.5 Å². The zero-order chi connectivity index (χ0) is 15.4. The van der Waals surface area contributed by atoms with Gasteiger partial charge in [-0.15, -0.1) is 0 Å². The number of nitrogens with two attached hydrogens (primary N) is 1. The lowest BCUT2D eigenvalue weighted by Gasteiger charge is -2.14. The third kappa shape index (κ3) is 4.03. The Morgan fingerprint density at radius 2 is 1.95 bits per heavy atom. The summed E-state index contributed by atoms with van der Waals surface area (Å²) in [6, 6.07) is 9.93. The van der Waals surface area contributed by atoms with Crippen LogP contribution in [0.25, 0.3) is 0 Å². The van der Waals surface area contributed by atoms with Crippen molar-refractivity contribution in [3.8, 4) is 5.75 Å². The number of rotatable bonds is 4. The van der Waals surface area contributed by atoms with Crippen LogP contribution in [0.5, 0.6) is 5.75 Å². The Morgan fingerprint density at radius 3 is 2.62 bits per heavy atom. The molecule has 0 aromatic heterocycles. The van der Waals surface area contributed by atoms with Crippen LogP contribution in [0.2, 0.25) is 0 Å². The summed E-state index contributed by atoms with van der Waals surface area (Å²) < 4.78 is 13.2. The zero-order valence-electron chi connectivity index (χ0n) is 11.6. The molecule has 1 amide bonds. The first kappa shape index (κ1) is 15.0. The minimum absolute atomic E-state index is 0.159. The smallest absolute Gasteiger partial charge is 0.241 e. The highest BCUT2D eigenvalue weighted by atomic mass is 19.1. The fourth-order valence-electron chi connectivity index (χ4n) is 1.93. The largest absolute Gasteiger partial charge is 0.508 e. The molecule has 0 spiro atoms. The van der Waals surface area contributed by atoms with Gasteiger partial charge in [0.1, 0.15) is 11.6 Å². The molecular formula is C16H17FN2O2. The summed E-state index contributed by atoms with van der Waals surface area (Å²) in [7, 11) is 0. The maximum absolute atomic E-state index is 13.2. The van der Waals surface area contributed by atoms with Gasteiger partial charge in [0.25, 0.3) is 0 Å². The lowest BCUT2D eigenvalue weighted by atomic mass is 10.1. The lowest BCUT2D eigenvalue weighted by molar-refractivity contribution is -0.117. The predicted octanol–water partition coefficient (Wildman–Crippen LogP) is 2.35. The first-order chi connectivity index (χ1) is 9.95. The second-order valence-corrected chi connectivity index (χ2v) is 4.93. The van der Waals surface area contributed by atoms with Gasteiger partial charge in [-0.3, -0.25) is 4.79 Å². The molecule has 0 unspecified atom stereocenters. The molecule has 110 valence electrons. The second-order valence-electron chi connectivity index (χ2n) is 4.93. The van der Waals surface area contributed by atoms with Crippen molar-refractivity contribution in [3.63, 3.8) is 0 Å². The average molecular weight is 288 g/mol. The van der Waals surface area contributed by atoms with Crippen LogP contribution in [0.1, 0.15) is 11.1 Å². The molecular weight excluding hydrogens is 271 g/mol. The van der Waals surface area contributed by atoms with E-state index in [1.165, 1.54) is 24.3 Å². The summed E-state index contributed by atoms with van der Waals surface area (Å²) in [5.41, 5.74) is 7.88. The minimum Gasteiger partial charge on any atom is -0.508 e. The van der Waals surface area contributed by atoms with E-state index in [1.807, 2.05) is 0 Å². The molecule has 0 aliphatic carbocycles. The van der Waals surface area contributed by atoms with Crippen LogP contribution in [0, 0.1) is 12.7 Å². The van der Waals surface area contributed by atoms with E-state index in [2.05, 4.69) is 5.32 Å². The maximum Gasteiger partial charge on any atom is 0.241 e. The molecule has 21 heavy (non-hydrogen) atoms. The van der Waals surface area contributed by atoms with Crippen LogP contribution in [0.3, 0.4) is 0 Å². The molecule has 4 N–H and O–H groups in total. The van der Waals surface area contributed by atoms with E-state index in [0.717, 1.165) is 11.1 Å². The summed E-state index contributed by atoms with van der Waals surface area (Å²) in [5, 5.41) is 11.8. The van der Waals surface area contributed by atoms with Crippen molar-refractivity contribution < 1.29 is 14.3 Å². The fraction of sp³-hybridized carbons (Fsp3) is 0.188. The van der Waals surface area contributed by atoms with E-state index in [0.29, 0.717) is 12.1 Å². The quantitative estimate of drug-likeness (QED) is 0.808. The average Bonchev–Trinajstić information content (AvgIpc) is 2.45. The summed E-state index contributed by atoms with van der Waals surface area (Å²) in [6.07, 6.45) is 0.334. The van der Waals surface area contributed by atoms with Gasteiger partial charge in [0, 0.05) is 5.69 Å². The molecule has 0 bridgehead atoms. The molecule has 4 nitrogen and oxygen atoms in total. The van der Waals surface area contributed by atoms with Gasteiger partial charge < -0.3 is 16.2 Å². The van der Waals surface area contributed by atoms with E-state index < -0.39 is 11.9 Å². The van der Waals surface area contributed by atoms with E-state index in [-0.39, 0.29) is 11.7 Å². The highest BCUT2D eigenvalue weighted by Gasteiger charge is 2.15. The Hall–Kier alpha value is -2.40. The van der Waals surface area contributed by atoms with Crippen molar-refractivity contribution in [3.05, 3.63) is 59.4 Å². The molecule has 0 saturated carbocycles. The van der Waals surface area contributed by atoms with Crippen LogP contribution in [-0.4, -0.2) is 17.1 Å². The topological polar surface area (TPSA) is 75.4 Å². The van der Waals surface area contributed by atoms with Crippen LogP contribution >= 0.6 is 0 Å². The Labute approximate surface area is 122 Å². The van der Waals surface area contributed by atoms with Gasteiger partial charge >= 0.3 is 0 Å². The van der Waals surface area contributed by atoms with E-state index in [4.69, 9.17) is 5.73 Å². The molecule has 0 radical (unpaired) electrons. The molecule has 2 rings (SSSR count). The normalized spacial score (nSPS) is 12.0. The van der Waals surface area contributed by atoms with Crippen molar-refractivity contribution in [1.82, 2.24) is 0 Å². The Morgan fingerprint density at radius 1 is 1.29 bits per heavy atom. The lowest BCUT2D eigenvalue weighted by Crippen LogP contribution is -2.37. The number of phenols is 1. The van der Waals surface area contributed by atoms with Crippen molar-refractivity contribution in [2.24, 2.45) is 5.73 Å².